The van der Waals surface area contributed by atoms with Gasteiger partial charge in [0.25, 0.3) is 5.91 Å². The highest BCUT2D eigenvalue weighted by molar-refractivity contribution is 6.05. The molecule has 2 aromatic rings. The maximum atomic E-state index is 13.7. The average molecular weight is 287 g/mol. The molecule has 1 N–H and O–H groups in total. The SMILES string of the molecule is COc1ccc(C(=O)Nc2c(C)cc(C)cc2C)cc1F. The minimum absolute atomic E-state index is 0.120. The molecule has 2 aromatic carbocycles. The second-order valence-electron chi connectivity index (χ2n) is 5.08. The first-order valence-electron chi connectivity index (χ1n) is 6.65. The van der Waals surface area contributed by atoms with Gasteiger partial charge in [-0.05, 0) is 50.1 Å². The molecule has 3 nitrogen and oxygen atoms in total. The lowest BCUT2D eigenvalue weighted by Gasteiger charge is -2.13. The van der Waals surface area contributed by atoms with Gasteiger partial charge in [0.2, 0.25) is 0 Å². The maximum absolute atomic E-state index is 13.7. The van der Waals surface area contributed by atoms with Crippen molar-refractivity contribution in [2.75, 3.05) is 12.4 Å². The van der Waals surface area contributed by atoms with E-state index in [-0.39, 0.29) is 17.2 Å². The molecule has 110 valence electrons. The van der Waals surface area contributed by atoms with Crippen LogP contribution in [0.25, 0.3) is 0 Å². The maximum Gasteiger partial charge on any atom is 0.255 e. The Hall–Kier alpha value is -2.36. The number of anilines is 1. The number of ether oxygens (including phenoxy) is 1. The Kier molecular flexibility index (Phi) is 4.26. The van der Waals surface area contributed by atoms with Crippen molar-refractivity contribution in [3.05, 3.63) is 58.4 Å². The lowest BCUT2D eigenvalue weighted by molar-refractivity contribution is 0.102. The van der Waals surface area contributed by atoms with E-state index in [4.69, 9.17) is 4.74 Å². The Morgan fingerprint density at radius 2 is 1.71 bits per heavy atom. The molecule has 21 heavy (non-hydrogen) atoms. The van der Waals surface area contributed by atoms with E-state index < -0.39 is 5.82 Å². The highest BCUT2D eigenvalue weighted by Crippen LogP contribution is 2.23. The van der Waals surface area contributed by atoms with Gasteiger partial charge in [-0.25, -0.2) is 4.39 Å². The van der Waals surface area contributed by atoms with Crippen molar-refractivity contribution in [1.29, 1.82) is 0 Å². The van der Waals surface area contributed by atoms with Crippen molar-refractivity contribution < 1.29 is 13.9 Å². The Morgan fingerprint density at radius 1 is 1.10 bits per heavy atom. The van der Waals surface area contributed by atoms with Crippen LogP contribution in [0.3, 0.4) is 0 Å². The number of halogens is 1. The molecular formula is C17H18FNO2. The number of carbonyl (C=O) groups excluding carboxylic acids is 1. The summed E-state index contributed by atoms with van der Waals surface area (Å²) in [6.45, 7) is 5.87. The number of hydrogen-bond donors (Lipinski definition) is 1. The van der Waals surface area contributed by atoms with E-state index in [1.54, 1.807) is 0 Å². The van der Waals surface area contributed by atoms with Gasteiger partial charge in [0.15, 0.2) is 11.6 Å². The summed E-state index contributed by atoms with van der Waals surface area (Å²) < 4.78 is 18.5. The fourth-order valence-electron chi connectivity index (χ4n) is 2.37. The predicted octanol–water partition coefficient (Wildman–Crippen LogP) is 4.01. The summed E-state index contributed by atoms with van der Waals surface area (Å²) in [4.78, 5) is 12.2. The summed E-state index contributed by atoms with van der Waals surface area (Å²) in [6.07, 6.45) is 0. The molecule has 0 aliphatic carbocycles. The minimum atomic E-state index is -0.553. The predicted molar refractivity (Wildman–Crippen MR) is 81.6 cm³/mol. The van der Waals surface area contributed by atoms with Crippen LogP contribution in [0.4, 0.5) is 10.1 Å². The lowest BCUT2D eigenvalue weighted by atomic mass is 10.0. The van der Waals surface area contributed by atoms with Crippen LogP contribution in [0.1, 0.15) is 27.0 Å². The van der Waals surface area contributed by atoms with Crippen LogP contribution in [-0.2, 0) is 0 Å². The number of rotatable bonds is 3. The third-order valence-electron chi connectivity index (χ3n) is 3.33. The summed E-state index contributed by atoms with van der Waals surface area (Å²) in [5, 5.41) is 2.84. The third-order valence-corrected chi connectivity index (χ3v) is 3.33. The molecule has 0 heterocycles. The summed E-state index contributed by atoms with van der Waals surface area (Å²) in [7, 11) is 1.39. The van der Waals surface area contributed by atoms with E-state index in [2.05, 4.69) is 5.32 Å². The Labute approximate surface area is 123 Å². The van der Waals surface area contributed by atoms with Crippen LogP contribution < -0.4 is 10.1 Å². The molecule has 0 aliphatic rings. The van der Waals surface area contributed by atoms with Crippen LogP contribution in [0.2, 0.25) is 0 Å². The van der Waals surface area contributed by atoms with E-state index in [1.807, 2.05) is 32.9 Å². The molecule has 4 heteroatoms. The van der Waals surface area contributed by atoms with Crippen LogP contribution in [0, 0.1) is 26.6 Å². The fraction of sp³-hybridized carbons (Fsp3) is 0.235. The van der Waals surface area contributed by atoms with Crippen LogP contribution in [0.5, 0.6) is 5.75 Å². The van der Waals surface area contributed by atoms with Gasteiger partial charge in [-0.1, -0.05) is 17.7 Å². The second-order valence-corrected chi connectivity index (χ2v) is 5.08. The molecule has 0 radical (unpaired) electrons. The van der Waals surface area contributed by atoms with Crippen LogP contribution in [0.15, 0.2) is 30.3 Å². The van der Waals surface area contributed by atoms with Crippen molar-refractivity contribution in [2.45, 2.75) is 20.8 Å². The van der Waals surface area contributed by atoms with Gasteiger partial charge in [0.1, 0.15) is 0 Å². The smallest absolute Gasteiger partial charge is 0.255 e. The number of hydrogen-bond acceptors (Lipinski definition) is 2. The Balaban J connectivity index is 2.28. The lowest BCUT2D eigenvalue weighted by Crippen LogP contribution is -2.14. The van der Waals surface area contributed by atoms with Crippen molar-refractivity contribution >= 4 is 11.6 Å². The molecule has 2 rings (SSSR count). The minimum Gasteiger partial charge on any atom is -0.494 e. The molecule has 0 atom stereocenters. The standard InChI is InChI=1S/C17H18FNO2/c1-10-7-11(2)16(12(3)8-10)19-17(20)13-5-6-15(21-4)14(18)9-13/h5-9H,1-4H3,(H,19,20). The van der Waals surface area contributed by atoms with Crippen LogP contribution >= 0.6 is 0 Å². The number of benzene rings is 2. The van der Waals surface area contributed by atoms with E-state index in [1.165, 1.54) is 25.3 Å². The molecule has 0 spiro atoms. The average Bonchev–Trinajstić information content (AvgIpc) is 2.42. The molecule has 0 unspecified atom stereocenters. The van der Waals surface area contributed by atoms with E-state index >= 15 is 0 Å². The van der Waals surface area contributed by atoms with Gasteiger partial charge in [-0.15, -0.1) is 0 Å². The number of aryl methyl sites for hydroxylation is 3. The topological polar surface area (TPSA) is 38.3 Å². The molecule has 0 aliphatic heterocycles. The highest BCUT2D eigenvalue weighted by Gasteiger charge is 2.12. The number of nitrogens with one attached hydrogen (secondary N) is 1. The molecule has 0 bridgehead atoms. The van der Waals surface area contributed by atoms with Crippen molar-refractivity contribution in [1.82, 2.24) is 0 Å². The highest BCUT2D eigenvalue weighted by atomic mass is 19.1. The summed E-state index contributed by atoms with van der Waals surface area (Å²) in [5.74, 6) is -0.775. The number of amides is 1. The van der Waals surface area contributed by atoms with Gasteiger partial charge in [-0.3, -0.25) is 4.79 Å². The first-order chi connectivity index (χ1) is 9.92. The monoisotopic (exact) mass is 287 g/mol. The van der Waals surface area contributed by atoms with Crippen molar-refractivity contribution in [3.8, 4) is 5.75 Å². The molecule has 0 saturated heterocycles. The van der Waals surface area contributed by atoms with Crippen molar-refractivity contribution in [2.24, 2.45) is 0 Å². The zero-order valence-electron chi connectivity index (χ0n) is 12.6. The zero-order valence-corrected chi connectivity index (χ0v) is 12.6. The first kappa shape index (κ1) is 15.0. The third kappa shape index (κ3) is 3.21. The molecule has 0 saturated carbocycles. The largest absolute Gasteiger partial charge is 0.494 e. The van der Waals surface area contributed by atoms with Crippen molar-refractivity contribution in [3.63, 3.8) is 0 Å². The van der Waals surface area contributed by atoms with Gasteiger partial charge in [-0.2, -0.15) is 0 Å². The molecule has 0 fully saturated rings. The zero-order chi connectivity index (χ0) is 15.6. The van der Waals surface area contributed by atoms with Gasteiger partial charge in [0.05, 0.1) is 7.11 Å². The van der Waals surface area contributed by atoms with E-state index in [9.17, 15) is 9.18 Å². The van der Waals surface area contributed by atoms with E-state index in [0.717, 1.165) is 22.4 Å². The van der Waals surface area contributed by atoms with Crippen LogP contribution in [-0.4, -0.2) is 13.0 Å². The second kappa shape index (κ2) is 5.95. The summed E-state index contributed by atoms with van der Waals surface area (Å²) in [5.41, 5.74) is 4.12. The molecular weight excluding hydrogens is 269 g/mol. The van der Waals surface area contributed by atoms with Gasteiger partial charge < -0.3 is 10.1 Å². The Bertz CT molecular complexity index is 672. The molecule has 0 aromatic heterocycles. The molecule has 1 amide bonds. The number of methoxy groups -OCH3 is 1. The summed E-state index contributed by atoms with van der Waals surface area (Å²) in [6, 6.07) is 8.15. The summed E-state index contributed by atoms with van der Waals surface area (Å²) >= 11 is 0. The number of carbonyl (C=O) groups is 1. The Morgan fingerprint density at radius 3 is 2.24 bits per heavy atom. The van der Waals surface area contributed by atoms with Gasteiger partial charge >= 0.3 is 0 Å². The fourth-order valence-corrected chi connectivity index (χ4v) is 2.37. The normalized spacial score (nSPS) is 10.3. The van der Waals surface area contributed by atoms with E-state index in [0.29, 0.717) is 0 Å². The first-order valence-corrected chi connectivity index (χ1v) is 6.65. The quantitative estimate of drug-likeness (QED) is 0.926. The van der Waals surface area contributed by atoms with Gasteiger partial charge in [0, 0.05) is 11.3 Å².